The Morgan fingerprint density at radius 1 is 1.19 bits per heavy atom. The van der Waals surface area contributed by atoms with Crippen LogP contribution in [0.1, 0.15) is 42.5 Å². The van der Waals surface area contributed by atoms with Crippen LogP contribution < -0.4 is 11.1 Å². The highest BCUT2D eigenvalue weighted by Crippen LogP contribution is 2.26. The van der Waals surface area contributed by atoms with Gasteiger partial charge in [0, 0.05) is 0 Å². The Morgan fingerprint density at radius 2 is 1.81 bits per heavy atom. The van der Waals surface area contributed by atoms with Crippen molar-refractivity contribution in [3.8, 4) is 0 Å². The molecule has 0 aromatic heterocycles. The third-order valence-corrected chi connectivity index (χ3v) is 3.45. The number of amides is 1. The SMILES string of the molecule is NCCC1CCCC1.O=C(O)Nc1ccccc1C(=O)O. The zero-order chi connectivity index (χ0) is 15.7. The molecule has 1 aliphatic rings. The van der Waals surface area contributed by atoms with Gasteiger partial charge in [-0.05, 0) is 31.0 Å². The van der Waals surface area contributed by atoms with E-state index in [2.05, 4.69) is 0 Å². The maximum absolute atomic E-state index is 10.6. The van der Waals surface area contributed by atoms with E-state index in [1.807, 2.05) is 5.32 Å². The predicted octanol–water partition coefficient (Wildman–Crippen LogP) is 3.00. The molecule has 0 atom stereocenters. The molecule has 0 bridgehead atoms. The van der Waals surface area contributed by atoms with Gasteiger partial charge in [0.05, 0.1) is 11.3 Å². The minimum Gasteiger partial charge on any atom is -0.478 e. The molecule has 1 fully saturated rings. The minimum absolute atomic E-state index is 0.0649. The summed E-state index contributed by atoms with van der Waals surface area (Å²) in [4.78, 5) is 20.8. The molecule has 1 aromatic rings. The van der Waals surface area contributed by atoms with Gasteiger partial charge in [-0.15, -0.1) is 0 Å². The van der Waals surface area contributed by atoms with Crippen LogP contribution in [0.2, 0.25) is 0 Å². The molecule has 6 nitrogen and oxygen atoms in total. The summed E-state index contributed by atoms with van der Waals surface area (Å²) >= 11 is 0. The number of nitrogens with two attached hydrogens (primary N) is 1. The first-order valence-electron chi connectivity index (χ1n) is 7.07. The van der Waals surface area contributed by atoms with Crippen molar-refractivity contribution in [3.05, 3.63) is 29.8 Å². The van der Waals surface area contributed by atoms with E-state index in [0.717, 1.165) is 12.5 Å². The fraction of sp³-hybridized carbons (Fsp3) is 0.467. The predicted molar refractivity (Wildman–Crippen MR) is 80.7 cm³/mol. The van der Waals surface area contributed by atoms with E-state index in [1.165, 1.54) is 50.3 Å². The molecule has 1 aromatic carbocycles. The van der Waals surface area contributed by atoms with Gasteiger partial charge in [0.25, 0.3) is 0 Å². The molecular weight excluding hydrogens is 272 g/mol. The zero-order valence-electron chi connectivity index (χ0n) is 11.9. The Kier molecular flexibility index (Phi) is 7.25. The summed E-state index contributed by atoms with van der Waals surface area (Å²) in [5, 5.41) is 19.0. The van der Waals surface area contributed by atoms with Gasteiger partial charge in [-0.25, -0.2) is 9.59 Å². The average Bonchev–Trinajstić information content (AvgIpc) is 2.92. The van der Waals surface area contributed by atoms with Gasteiger partial charge in [-0.3, -0.25) is 5.32 Å². The van der Waals surface area contributed by atoms with Gasteiger partial charge in [0.2, 0.25) is 0 Å². The first-order chi connectivity index (χ1) is 10.0. The molecule has 0 saturated heterocycles. The third kappa shape index (κ3) is 6.27. The Hall–Kier alpha value is -2.08. The highest BCUT2D eigenvalue weighted by Gasteiger charge is 2.12. The molecule has 5 N–H and O–H groups in total. The first-order valence-corrected chi connectivity index (χ1v) is 7.07. The third-order valence-electron chi connectivity index (χ3n) is 3.45. The topological polar surface area (TPSA) is 113 Å². The van der Waals surface area contributed by atoms with Crippen molar-refractivity contribution in [2.45, 2.75) is 32.1 Å². The molecule has 0 radical (unpaired) electrons. The lowest BCUT2D eigenvalue weighted by atomic mass is 10.1. The van der Waals surface area contributed by atoms with Crippen LogP contribution in [0, 0.1) is 5.92 Å². The van der Waals surface area contributed by atoms with Crippen molar-refractivity contribution >= 4 is 17.7 Å². The van der Waals surface area contributed by atoms with Crippen molar-refractivity contribution in [3.63, 3.8) is 0 Å². The smallest absolute Gasteiger partial charge is 0.409 e. The molecule has 0 spiro atoms. The molecule has 6 heteroatoms. The Labute approximate surface area is 124 Å². The van der Waals surface area contributed by atoms with Crippen LogP contribution in [-0.4, -0.2) is 28.8 Å². The second kappa shape index (κ2) is 8.97. The van der Waals surface area contributed by atoms with Crippen LogP contribution in [-0.2, 0) is 0 Å². The largest absolute Gasteiger partial charge is 0.478 e. The minimum atomic E-state index is -1.28. The van der Waals surface area contributed by atoms with Crippen molar-refractivity contribution in [1.29, 1.82) is 0 Å². The normalized spacial score (nSPS) is 14.1. The highest BCUT2D eigenvalue weighted by molar-refractivity contribution is 5.98. The number of hydrogen-bond donors (Lipinski definition) is 4. The number of aromatic carboxylic acids is 1. The lowest BCUT2D eigenvalue weighted by Gasteiger charge is -2.03. The number of carboxylic acid groups (broad SMARTS) is 2. The van der Waals surface area contributed by atoms with Crippen molar-refractivity contribution in [2.75, 3.05) is 11.9 Å². The molecule has 21 heavy (non-hydrogen) atoms. The van der Waals surface area contributed by atoms with Crippen LogP contribution >= 0.6 is 0 Å². The lowest BCUT2D eigenvalue weighted by Crippen LogP contribution is -2.11. The van der Waals surface area contributed by atoms with Crippen LogP contribution in [0.3, 0.4) is 0 Å². The Balaban J connectivity index is 0.000000235. The Morgan fingerprint density at radius 3 is 2.33 bits per heavy atom. The zero-order valence-corrected chi connectivity index (χ0v) is 11.9. The van der Waals surface area contributed by atoms with Crippen LogP contribution in [0.15, 0.2) is 24.3 Å². The number of nitrogens with one attached hydrogen (secondary N) is 1. The summed E-state index contributed by atoms with van der Waals surface area (Å²) in [5.74, 6) is -0.177. The average molecular weight is 294 g/mol. The number of para-hydroxylation sites is 1. The summed E-state index contributed by atoms with van der Waals surface area (Å²) in [7, 11) is 0. The highest BCUT2D eigenvalue weighted by atomic mass is 16.4. The second-order valence-corrected chi connectivity index (χ2v) is 5.01. The van der Waals surface area contributed by atoms with E-state index in [0.29, 0.717) is 0 Å². The maximum atomic E-state index is 10.6. The fourth-order valence-corrected chi connectivity index (χ4v) is 2.43. The van der Waals surface area contributed by atoms with Crippen molar-refractivity contribution < 1.29 is 19.8 Å². The van der Waals surface area contributed by atoms with Crippen molar-refractivity contribution in [2.24, 2.45) is 11.7 Å². The lowest BCUT2D eigenvalue weighted by molar-refractivity contribution is 0.0698. The summed E-state index contributed by atoms with van der Waals surface area (Å²) in [6, 6.07) is 5.79. The van der Waals surface area contributed by atoms with Crippen molar-refractivity contribution in [1.82, 2.24) is 0 Å². The number of anilines is 1. The van der Waals surface area contributed by atoms with Gasteiger partial charge in [-0.2, -0.15) is 0 Å². The quantitative estimate of drug-likeness (QED) is 0.682. The number of hydrogen-bond acceptors (Lipinski definition) is 3. The summed E-state index contributed by atoms with van der Waals surface area (Å²) in [6.45, 7) is 0.894. The summed E-state index contributed by atoms with van der Waals surface area (Å²) in [6.07, 6.45) is 5.76. The van der Waals surface area contributed by atoms with Gasteiger partial charge >= 0.3 is 12.1 Å². The van der Waals surface area contributed by atoms with E-state index < -0.39 is 12.1 Å². The summed E-state index contributed by atoms with van der Waals surface area (Å²) in [5.41, 5.74) is 5.42. The first kappa shape index (κ1) is 17.0. The van der Waals surface area contributed by atoms with Crippen LogP contribution in [0.25, 0.3) is 0 Å². The number of benzene rings is 1. The van der Waals surface area contributed by atoms with Gasteiger partial charge in [-0.1, -0.05) is 37.8 Å². The molecule has 1 amide bonds. The number of carbonyl (C=O) groups is 2. The number of rotatable bonds is 4. The monoisotopic (exact) mass is 294 g/mol. The molecule has 1 aliphatic carbocycles. The van der Waals surface area contributed by atoms with E-state index >= 15 is 0 Å². The molecule has 0 aliphatic heterocycles. The summed E-state index contributed by atoms with van der Waals surface area (Å²) < 4.78 is 0. The van der Waals surface area contributed by atoms with Gasteiger partial charge in [0.15, 0.2) is 0 Å². The second-order valence-electron chi connectivity index (χ2n) is 5.01. The Bertz CT molecular complexity index is 470. The molecule has 116 valence electrons. The standard InChI is InChI=1S/C8H7NO4.C7H15N/c10-7(11)5-3-1-2-4-6(5)9-8(12)13;8-6-5-7-3-1-2-4-7/h1-4,9H,(H,10,11)(H,12,13);7H,1-6,8H2. The molecule has 0 heterocycles. The molecule has 0 unspecified atom stereocenters. The van der Waals surface area contributed by atoms with E-state index in [1.54, 1.807) is 6.07 Å². The van der Waals surface area contributed by atoms with E-state index in [4.69, 9.17) is 15.9 Å². The van der Waals surface area contributed by atoms with E-state index in [9.17, 15) is 9.59 Å². The van der Waals surface area contributed by atoms with Crippen LogP contribution in [0.4, 0.5) is 10.5 Å². The van der Waals surface area contributed by atoms with Gasteiger partial charge in [0.1, 0.15) is 0 Å². The molecule has 2 rings (SSSR count). The maximum Gasteiger partial charge on any atom is 0.409 e. The molecule has 1 saturated carbocycles. The molecular formula is C15H22N2O4. The van der Waals surface area contributed by atoms with E-state index in [-0.39, 0.29) is 11.3 Å². The fourth-order valence-electron chi connectivity index (χ4n) is 2.43. The number of carboxylic acids is 1. The van der Waals surface area contributed by atoms with Crippen LogP contribution in [0.5, 0.6) is 0 Å². The van der Waals surface area contributed by atoms with Gasteiger partial charge < -0.3 is 15.9 Å².